The van der Waals surface area contributed by atoms with Gasteiger partial charge in [0.25, 0.3) is 0 Å². The molecule has 1 aromatic heterocycles. The van der Waals surface area contributed by atoms with Gasteiger partial charge in [-0.15, -0.1) is 10.2 Å². The summed E-state index contributed by atoms with van der Waals surface area (Å²) in [6.45, 7) is 0.852. The summed E-state index contributed by atoms with van der Waals surface area (Å²) in [4.78, 5) is 12.5. The van der Waals surface area contributed by atoms with Crippen molar-refractivity contribution >= 4 is 12.0 Å². The Morgan fingerprint density at radius 1 is 1.10 bits per heavy atom. The van der Waals surface area contributed by atoms with Gasteiger partial charge in [-0.2, -0.15) is 13.2 Å². The summed E-state index contributed by atoms with van der Waals surface area (Å²) >= 11 is 0. The van der Waals surface area contributed by atoms with E-state index in [0.717, 1.165) is 16.5 Å². The molecule has 1 aliphatic heterocycles. The molecule has 2 aromatic rings. The number of anilines is 1. The number of nitrogens with zero attached hydrogens (tertiary/aromatic N) is 4. The van der Waals surface area contributed by atoms with Crippen LogP contribution in [0.4, 0.5) is 18.9 Å². The molecule has 0 amide bonds. The van der Waals surface area contributed by atoms with E-state index >= 15 is 0 Å². The second-order valence-electron chi connectivity index (χ2n) is 4.72. The van der Waals surface area contributed by atoms with Crippen molar-refractivity contribution in [2.75, 3.05) is 11.4 Å². The molecule has 3 rings (SSSR count). The number of alkyl halides is 3. The van der Waals surface area contributed by atoms with E-state index in [0.29, 0.717) is 12.1 Å². The lowest BCUT2D eigenvalue weighted by Crippen LogP contribution is -2.35. The van der Waals surface area contributed by atoms with Gasteiger partial charge in [0, 0.05) is 24.3 Å². The zero-order valence-electron chi connectivity index (χ0n) is 10.8. The normalized spacial score (nSPS) is 14.9. The van der Waals surface area contributed by atoms with Crippen LogP contribution in [0, 0.1) is 0 Å². The largest absolute Gasteiger partial charge is 0.451 e. The van der Waals surface area contributed by atoms with Crippen LogP contribution in [0.25, 0.3) is 0 Å². The number of hydrogen-bond donors (Lipinski definition) is 0. The molecule has 5 nitrogen and oxygen atoms in total. The Kier molecular flexibility index (Phi) is 3.15. The number of hydrogen-bond acceptors (Lipinski definition) is 4. The molecule has 0 N–H and O–H groups in total. The second kappa shape index (κ2) is 4.87. The number of aromatic nitrogens is 3. The third kappa shape index (κ3) is 2.48. The molecule has 0 saturated carbocycles. The molecule has 0 fully saturated rings. The van der Waals surface area contributed by atoms with Crippen LogP contribution < -0.4 is 4.90 Å². The molecule has 8 heteroatoms. The first-order valence-electron chi connectivity index (χ1n) is 6.28. The van der Waals surface area contributed by atoms with E-state index in [9.17, 15) is 18.0 Å². The molecular weight excluding hydrogens is 285 g/mol. The molecule has 21 heavy (non-hydrogen) atoms. The predicted octanol–water partition coefficient (Wildman–Crippen LogP) is 2.13. The van der Waals surface area contributed by atoms with E-state index in [-0.39, 0.29) is 18.9 Å². The zero-order chi connectivity index (χ0) is 15.0. The van der Waals surface area contributed by atoms with Crippen molar-refractivity contribution in [2.24, 2.45) is 0 Å². The minimum atomic E-state index is -4.49. The summed E-state index contributed by atoms with van der Waals surface area (Å²) in [5.74, 6) is -0.665. The van der Waals surface area contributed by atoms with E-state index in [4.69, 9.17) is 0 Å². The lowest BCUT2D eigenvalue weighted by atomic mass is 10.2. The smallest absolute Gasteiger partial charge is 0.362 e. The maximum Gasteiger partial charge on any atom is 0.451 e. The summed E-state index contributed by atoms with van der Waals surface area (Å²) in [5, 5.41) is 6.87. The minimum Gasteiger partial charge on any atom is -0.362 e. The molecule has 0 aliphatic carbocycles. The fourth-order valence-corrected chi connectivity index (χ4v) is 2.35. The van der Waals surface area contributed by atoms with Gasteiger partial charge < -0.3 is 9.47 Å². The topological polar surface area (TPSA) is 51.0 Å². The first-order chi connectivity index (χ1) is 9.99. The monoisotopic (exact) mass is 296 g/mol. The Hall–Kier alpha value is -2.38. The number of aldehydes is 1. The van der Waals surface area contributed by atoms with Crippen LogP contribution in [0.2, 0.25) is 0 Å². The van der Waals surface area contributed by atoms with Crippen molar-refractivity contribution in [3.05, 3.63) is 41.5 Å². The molecule has 0 radical (unpaired) electrons. The molecule has 0 atom stereocenters. The van der Waals surface area contributed by atoms with Crippen molar-refractivity contribution in [2.45, 2.75) is 19.3 Å². The Morgan fingerprint density at radius 2 is 1.81 bits per heavy atom. The number of carbonyl (C=O) groups excluding carboxylic acids is 1. The van der Waals surface area contributed by atoms with Crippen molar-refractivity contribution < 1.29 is 18.0 Å². The minimum absolute atomic E-state index is 0.173. The highest BCUT2D eigenvalue weighted by molar-refractivity contribution is 5.75. The van der Waals surface area contributed by atoms with Crippen LogP contribution in [0.5, 0.6) is 0 Å². The van der Waals surface area contributed by atoms with Gasteiger partial charge in [0.05, 0.1) is 6.54 Å². The first kappa shape index (κ1) is 13.6. The fraction of sp³-hybridized carbons (Fsp3) is 0.308. The molecule has 0 unspecified atom stereocenters. The van der Waals surface area contributed by atoms with Crippen molar-refractivity contribution in [3.8, 4) is 0 Å². The Morgan fingerprint density at radius 3 is 2.43 bits per heavy atom. The van der Waals surface area contributed by atoms with Gasteiger partial charge in [0.15, 0.2) is 5.82 Å². The SMILES string of the molecule is O=Cc1ccc(N2CCn3c(nnc3C(F)(F)F)C2)cc1. The molecule has 0 saturated heterocycles. The van der Waals surface area contributed by atoms with Gasteiger partial charge in [0.2, 0.25) is 5.82 Å². The summed E-state index contributed by atoms with van der Waals surface area (Å²) in [7, 11) is 0. The number of benzene rings is 1. The first-order valence-corrected chi connectivity index (χ1v) is 6.28. The van der Waals surface area contributed by atoms with Crippen LogP contribution in [-0.4, -0.2) is 27.6 Å². The Balaban J connectivity index is 1.84. The van der Waals surface area contributed by atoms with Crippen LogP contribution in [0.3, 0.4) is 0 Å². The van der Waals surface area contributed by atoms with E-state index in [1.165, 1.54) is 0 Å². The average Bonchev–Trinajstić information content (AvgIpc) is 2.90. The number of halogens is 3. The number of rotatable bonds is 2. The third-order valence-corrected chi connectivity index (χ3v) is 3.40. The van der Waals surface area contributed by atoms with Gasteiger partial charge in [0.1, 0.15) is 6.29 Å². The van der Waals surface area contributed by atoms with Crippen molar-refractivity contribution in [1.29, 1.82) is 0 Å². The van der Waals surface area contributed by atoms with E-state index in [1.54, 1.807) is 24.3 Å². The third-order valence-electron chi connectivity index (χ3n) is 3.40. The van der Waals surface area contributed by atoms with Crippen molar-refractivity contribution in [3.63, 3.8) is 0 Å². The van der Waals surface area contributed by atoms with Gasteiger partial charge in [-0.05, 0) is 24.3 Å². The number of fused-ring (bicyclic) bond motifs is 1. The lowest BCUT2D eigenvalue weighted by molar-refractivity contribution is -0.147. The quantitative estimate of drug-likeness (QED) is 0.797. The average molecular weight is 296 g/mol. The molecular formula is C13H11F3N4O. The van der Waals surface area contributed by atoms with Gasteiger partial charge >= 0.3 is 6.18 Å². The Bertz CT molecular complexity index is 663. The molecule has 0 spiro atoms. The predicted molar refractivity (Wildman–Crippen MR) is 67.9 cm³/mol. The van der Waals surface area contributed by atoms with Crippen LogP contribution >= 0.6 is 0 Å². The maximum absolute atomic E-state index is 12.7. The van der Waals surface area contributed by atoms with Crippen LogP contribution in [0.15, 0.2) is 24.3 Å². The fourth-order valence-electron chi connectivity index (χ4n) is 2.35. The van der Waals surface area contributed by atoms with Gasteiger partial charge in [-0.1, -0.05) is 0 Å². The summed E-state index contributed by atoms with van der Waals surface area (Å²) in [6, 6.07) is 6.87. The molecule has 0 bridgehead atoms. The van der Waals surface area contributed by atoms with Crippen molar-refractivity contribution in [1.82, 2.24) is 14.8 Å². The highest BCUT2D eigenvalue weighted by Gasteiger charge is 2.39. The Labute approximate surface area is 118 Å². The van der Waals surface area contributed by atoms with E-state index in [1.807, 2.05) is 4.90 Å². The number of carbonyl (C=O) groups is 1. The second-order valence-corrected chi connectivity index (χ2v) is 4.72. The van der Waals surface area contributed by atoms with E-state index < -0.39 is 12.0 Å². The van der Waals surface area contributed by atoms with Crippen LogP contribution in [0.1, 0.15) is 22.0 Å². The standard InChI is InChI=1S/C13H11F3N4O/c14-13(15,16)12-18-17-11-7-19(5-6-20(11)12)10-3-1-9(8-21)2-4-10/h1-4,8H,5-7H2. The molecule has 1 aliphatic rings. The molecule has 2 heterocycles. The van der Waals surface area contributed by atoms with E-state index in [2.05, 4.69) is 10.2 Å². The highest BCUT2D eigenvalue weighted by atomic mass is 19.4. The lowest BCUT2D eigenvalue weighted by Gasteiger charge is -2.29. The highest BCUT2D eigenvalue weighted by Crippen LogP contribution is 2.30. The van der Waals surface area contributed by atoms with Gasteiger partial charge in [-0.25, -0.2) is 0 Å². The van der Waals surface area contributed by atoms with Gasteiger partial charge in [-0.3, -0.25) is 4.79 Å². The maximum atomic E-state index is 12.7. The summed E-state index contributed by atoms with van der Waals surface area (Å²) in [6.07, 6.45) is -3.74. The summed E-state index contributed by atoms with van der Waals surface area (Å²) < 4.78 is 39.3. The molecule has 110 valence electrons. The zero-order valence-corrected chi connectivity index (χ0v) is 10.8. The van der Waals surface area contributed by atoms with Crippen LogP contribution in [-0.2, 0) is 19.3 Å². The summed E-state index contributed by atoms with van der Waals surface area (Å²) in [5.41, 5.74) is 1.39. The molecule has 1 aromatic carbocycles.